The van der Waals surface area contributed by atoms with E-state index in [2.05, 4.69) is 20.9 Å². The Balaban J connectivity index is 1.52. The van der Waals surface area contributed by atoms with Gasteiger partial charge in [-0.2, -0.15) is 0 Å². The van der Waals surface area contributed by atoms with Crippen molar-refractivity contribution in [2.45, 2.75) is 13.5 Å². The molecule has 0 fully saturated rings. The number of hydrogen-bond acceptors (Lipinski definition) is 5. The second kappa shape index (κ2) is 11.5. The van der Waals surface area contributed by atoms with Crippen molar-refractivity contribution >= 4 is 29.2 Å². The molecule has 3 amide bonds. The van der Waals surface area contributed by atoms with Crippen molar-refractivity contribution in [3.63, 3.8) is 0 Å². The molecule has 3 aromatic rings. The smallest absolute Gasteiger partial charge is 0.253 e. The predicted octanol–water partition coefficient (Wildman–Crippen LogP) is 2.83. The normalized spacial score (nSPS) is 10.5. The lowest BCUT2D eigenvalue weighted by molar-refractivity contribution is -0.119. The predicted molar refractivity (Wildman–Crippen MR) is 128 cm³/mol. The molecule has 3 N–H and O–H groups in total. The number of aromatic nitrogens is 1. The summed E-state index contributed by atoms with van der Waals surface area (Å²) in [6, 6.07) is 20.0. The van der Waals surface area contributed by atoms with E-state index in [-0.39, 0.29) is 30.8 Å². The zero-order chi connectivity index (χ0) is 23.6. The fourth-order valence-electron chi connectivity index (χ4n) is 3.19. The summed E-state index contributed by atoms with van der Waals surface area (Å²) in [6.07, 6.45) is 1.62. The van der Waals surface area contributed by atoms with E-state index in [0.717, 1.165) is 11.1 Å². The molecule has 0 aliphatic heterocycles. The fraction of sp³-hybridized carbons (Fsp3) is 0.200. The molecule has 8 heteroatoms. The number of rotatable bonds is 9. The van der Waals surface area contributed by atoms with Crippen molar-refractivity contribution in [1.82, 2.24) is 15.2 Å². The van der Waals surface area contributed by atoms with E-state index in [9.17, 15) is 14.4 Å². The molecule has 0 unspecified atom stereocenters. The van der Waals surface area contributed by atoms with E-state index in [0.29, 0.717) is 23.6 Å². The number of benzene rings is 2. The summed E-state index contributed by atoms with van der Waals surface area (Å²) < 4.78 is 0. The van der Waals surface area contributed by atoms with E-state index in [4.69, 9.17) is 0 Å². The zero-order valence-electron chi connectivity index (χ0n) is 18.7. The Morgan fingerprint density at radius 3 is 2.27 bits per heavy atom. The van der Waals surface area contributed by atoms with E-state index in [1.165, 1.54) is 0 Å². The summed E-state index contributed by atoms with van der Waals surface area (Å²) in [5, 5.41) is 8.34. The number of amides is 3. The summed E-state index contributed by atoms with van der Waals surface area (Å²) >= 11 is 0. The van der Waals surface area contributed by atoms with Crippen molar-refractivity contribution in [2.24, 2.45) is 0 Å². The van der Waals surface area contributed by atoms with Crippen LogP contribution >= 0.6 is 0 Å². The molecule has 33 heavy (non-hydrogen) atoms. The van der Waals surface area contributed by atoms with Crippen molar-refractivity contribution in [3.05, 3.63) is 89.6 Å². The molecule has 1 aromatic heterocycles. The van der Waals surface area contributed by atoms with Gasteiger partial charge in [-0.1, -0.05) is 42.5 Å². The van der Waals surface area contributed by atoms with Crippen LogP contribution in [0.2, 0.25) is 0 Å². The number of anilines is 2. The largest absolute Gasteiger partial charge is 0.348 e. The quantitative estimate of drug-likeness (QED) is 0.470. The first-order valence-corrected chi connectivity index (χ1v) is 10.5. The monoisotopic (exact) mass is 445 g/mol. The van der Waals surface area contributed by atoms with Crippen LogP contribution in [0.25, 0.3) is 0 Å². The maximum absolute atomic E-state index is 12.7. The first kappa shape index (κ1) is 23.6. The Morgan fingerprint density at radius 2 is 1.55 bits per heavy atom. The van der Waals surface area contributed by atoms with Crippen molar-refractivity contribution < 1.29 is 14.4 Å². The third kappa shape index (κ3) is 7.55. The van der Waals surface area contributed by atoms with E-state index < -0.39 is 0 Å². The second-order valence-electron chi connectivity index (χ2n) is 7.70. The van der Waals surface area contributed by atoms with Crippen LogP contribution in [-0.2, 0) is 16.1 Å². The van der Waals surface area contributed by atoms with Gasteiger partial charge in [-0.3, -0.25) is 19.3 Å². The van der Waals surface area contributed by atoms with Gasteiger partial charge in [0.1, 0.15) is 5.82 Å². The highest BCUT2D eigenvalue weighted by Gasteiger charge is 2.15. The maximum atomic E-state index is 12.7. The Bertz CT molecular complexity index is 1120. The van der Waals surface area contributed by atoms with Gasteiger partial charge in [-0.25, -0.2) is 4.98 Å². The van der Waals surface area contributed by atoms with Gasteiger partial charge in [-0.15, -0.1) is 0 Å². The van der Waals surface area contributed by atoms with Crippen LogP contribution in [0.4, 0.5) is 11.5 Å². The average molecular weight is 446 g/mol. The van der Waals surface area contributed by atoms with Crippen LogP contribution in [-0.4, -0.2) is 47.7 Å². The first-order chi connectivity index (χ1) is 15.9. The lowest BCUT2D eigenvalue weighted by Crippen LogP contribution is -2.36. The number of hydrogen-bond donors (Lipinski definition) is 3. The third-order valence-electron chi connectivity index (χ3n) is 4.75. The lowest BCUT2D eigenvalue weighted by Gasteiger charge is -2.17. The van der Waals surface area contributed by atoms with Crippen LogP contribution in [0.15, 0.2) is 72.9 Å². The third-order valence-corrected chi connectivity index (χ3v) is 4.75. The summed E-state index contributed by atoms with van der Waals surface area (Å²) in [4.78, 5) is 43.1. The molecule has 3 rings (SSSR count). The molecule has 0 saturated carbocycles. The summed E-state index contributed by atoms with van der Waals surface area (Å²) in [5.41, 5.74) is 2.75. The minimum absolute atomic E-state index is 0.0161. The molecule has 170 valence electrons. The van der Waals surface area contributed by atoms with Gasteiger partial charge < -0.3 is 16.0 Å². The molecule has 0 bridgehead atoms. The van der Waals surface area contributed by atoms with Crippen molar-refractivity contribution in [3.8, 4) is 0 Å². The summed E-state index contributed by atoms with van der Waals surface area (Å²) in [6.45, 7) is 2.29. The molecule has 8 nitrogen and oxygen atoms in total. The minimum atomic E-state index is -0.331. The average Bonchev–Trinajstić information content (AvgIpc) is 2.78. The van der Waals surface area contributed by atoms with Gasteiger partial charge in [0.25, 0.3) is 5.91 Å². The molecule has 0 radical (unpaired) electrons. The van der Waals surface area contributed by atoms with Crippen molar-refractivity contribution in [1.29, 1.82) is 0 Å². The SMILES string of the molecule is Cc1ccnc(NC(=O)CN(C)CC(=O)Nc2ccccc2C(=O)NCc2ccccc2)c1. The van der Waals surface area contributed by atoms with Gasteiger partial charge in [0.05, 0.1) is 24.3 Å². The number of nitrogens with one attached hydrogen (secondary N) is 3. The van der Waals surface area contributed by atoms with Gasteiger partial charge >= 0.3 is 0 Å². The van der Waals surface area contributed by atoms with E-state index in [1.54, 1.807) is 48.5 Å². The van der Waals surface area contributed by atoms with Crippen molar-refractivity contribution in [2.75, 3.05) is 30.8 Å². The van der Waals surface area contributed by atoms with Gasteiger partial charge in [0, 0.05) is 12.7 Å². The highest BCUT2D eigenvalue weighted by molar-refractivity contribution is 6.04. The van der Waals surface area contributed by atoms with Crippen LogP contribution in [0.1, 0.15) is 21.5 Å². The summed E-state index contributed by atoms with van der Waals surface area (Å²) in [5.74, 6) is -0.423. The standard InChI is InChI=1S/C25H27N5O3/c1-18-12-13-26-22(14-18)29-24(32)17-30(2)16-23(31)28-21-11-7-6-10-20(21)25(33)27-15-19-8-4-3-5-9-19/h3-14H,15-17H2,1-2H3,(H,27,33)(H,28,31)(H,26,29,32). The fourth-order valence-corrected chi connectivity index (χ4v) is 3.19. The number of likely N-dealkylation sites (N-methyl/N-ethyl adjacent to an activating group) is 1. The molecule has 0 atom stereocenters. The lowest BCUT2D eigenvalue weighted by atomic mass is 10.1. The number of pyridine rings is 1. The van der Waals surface area contributed by atoms with Crippen LogP contribution in [0.3, 0.4) is 0 Å². The molecular weight excluding hydrogens is 418 g/mol. The topological polar surface area (TPSA) is 103 Å². The molecule has 0 spiro atoms. The second-order valence-corrected chi connectivity index (χ2v) is 7.70. The zero-order valence-corrected chi connectivity index (χ0v) is 18.7. The molecule has 1 heterocycles. The number of carbonyl (C=O) groups is 3. The number of aryl methyl sites for hydroxylation is 1. The number of carbonyl (C=O) groups excluding carboxylic acids is 3. The number of para-hydroxylation sites is 1. The molecule has 0 aliphatic carbocycles. The number of nitrogens with zero attached hydrogens (tertiary/aromatic N) is 2. The molecule has 2 aromatic carbocycles. The molecular formula is C25H27N5O3. The molecule has 0 aliphatic rings. The molecule has 0 saturated heterocycles. The summed E-state index contributed by atoms with van der Waals surface area (Å²) in [7, 11) is 1.67. The Morgan fingerprint density at radius 1 is 0.879 bits per heavy atom. The highest BCUT2D eigenvalue weighted by atomic mass is 16.2. The van der Waals surface area contributed by atoms with Gasteiger partial charge in [-0.05, 0) is 49.4 Å². The van der Waals surface area contributed by atoms with Crippen LogP contribution in [0.5, 0.6) is 0 Å². The van der Waals surface area contributed by atoms with Crippen LogP contribution < -0.4 is 16.0 Å². The maximum Gasteiger partial charge on any atom is 0.253 e. The minimum Gasteiger partial charge on any atom is -0.348 e. The first-order valence-electron chi connectivity index (χ1n) is 10.5. The van der Waals surface area contributed by atoms with E-state index in [1.807, 2.05) is 43.3 Å². The Labute approximate surface area is 193 Å². The van der Waals surface area contributed by atoms with E-state index >= 15 is 0 Å². The Hall–Kier alpha value is -4.04. The Kier molecular flexibility index (Phi) is 8.26. The highest BCUT2D eigenvalue weighted by Crippen LogP contribution is 2.15. The van der Waals surface area contributed by atoms with Gasteiger partial charge in [0.2, 0.25) is 11.8 Å². The van der Waals surface area contributed by atoms with Crippen LogP contribution in [0, 0.1) is 6.92 Å². The van der Waals surface area contributed by atoms with Gasteiger partial charge in [0.15, 0.2) is 0 Å².